The lowest BCUT2D eigenvalue weighted by Crippen LogP contribution is -2.17. The molecule has 1 aromatic heterocycles. The highest BCUT2D eigenvalue weighted by atomic mass is 16.5. The Morgan fingerprint density at radius 2 is 2.12 bits per heavy atom. The minimum absolute atomic E-state index is 0.0113. The fraction of sp³-hybridized carbons (Fsp3) is 0.615. The molecule has 16 heavy (non-hydrogen) atoms. The molecule has 88 valence electrons. The summed E-state index contributed by atoms with van der Waals surface area (Å²) < 4.78 is 5.91. The Kier molecular flexibility index (Phi) is 2.89. The van der Waals surface area contributed by atoms with Gasteiger partial charge in [0, 0.05) is 18.2 Å². The molecule has 0 aromatic carbocycles. The van der Waals surface area contributed by atoms with Gasteiger partial charge in [-0.2, -0.15) is 0 Å². The van der Waals surface area contributed by atoms with Crippen LogP contribution in [0, 0.1) is 0 Å². The average molecular weight is 220 g/mol. The van der Waals surface area contributed by atoms with Crippen molar-refractivity contribution in [3.05, 3.63) is 23.5 Å². The maximum Gasteiger partial charge on any atom is 0.142 e. The number of nitrogens with zero attached hydrogens (tertiary/aromatic N) is 1. The molecule has 1 fully saturated rings. The first-order valence-electron chi connectivity index (χ1n) is 5.87. The molecule has 0 atom stereocenters. The first-order chi connectivity index (χ1) is 7.50. The molecule has 2 N–H and O–H groups in total. The topological polar surface area (TPSA) is 48.1 Å². The second-order valence-electron chi connectivity index (χ2n) is 5.46. The van der Waals surface area contributed by atoms with Gasteiger partial charge in [-0.15, -0.1) is 0 Å². The first kappa shape index (κ1) is 11.4. The van der Waals surface area contributed by atoms with E-state index in [4.69, 9.17) is 10.5 Å². The summed E-state index contributed by atoms with van der Waals surface area (Å²) in [5, 5.41) is 0. The maximum atomic E-state index is 5.91. The van der Waals surface area contributed by atoms with Crippen molar-refractivity contribution in [3.8, 4) is 5.75 Å². The van der Waals surface area contributed by atoms with Crippen LogP contribution in [0.25, 0.3) is 0 Å². The molecule has 0 amide bonds. The van der Waals surface area contributed by atoms with Crippen molar-refractivity contribution < 1.29 is 4.74 Å². The van der Waals surface area contributed by atoms with Crippen molar-refractivity contribution in [2.75, 3.05) is 0 Å². The van der Waals surface area contributed by atoms with E-state index in [0.717, 1.165) is 29.8 Å². The number of rotatable bonds is 3. The third kappa shape index (κ3) is 2.53. The minimum atomic E-state index is 0.0113. The van der Waals surface area contributed by atoms with E-state index in [1.54, 1.807) is 0 Å². The lowest BCUT2D eigenvalue weighted by Gasteiger charge is -2.22. The SMILES string of the molecule is CC(C)(C)c1ncc(CN)cc1OC1CC1. The van der Waals surface area contributed by atoms with Crippen LogP contribution in [0.2, 0.25) is 0 Å². The third-order valence-corrected chi connectivity index (χ3v) is 2.67. The van der Waals surface area contributed by atoms with E-state index in [1.807, 2.05) is 12.3 Å². The van der Waals surface area contributed by atoms with Crippen LogP contribution >= 0.6 is 0 Å². The molecule has 0 radical (unpaired) electrons. The van der Waals surface area contributed by atoms with E-state index in [-0.39, 0.29) is 5.41 Å². The summed E-state index contributed by atoms with van der Waals surface area (Å²) in [6.07, 6.45) is 4.57. The van der Waals surface area contributed by atoms with E-state index in [9.17, 15) is 0 Å². The molecule has 1 saturated carbocycles. The van der Waals surface area contributed by atoms with Crippen molar-refractivity contribution in [1.82, 2.24) is 4.98 Å². The average Bonchev–Trinajstić information content (AvgIpc) is 3.00. The van der Waals surface area contributed by atoms with E-state index < -0.39 is 0 Å². The van der Waals surface area contributed by atoms with Gasteiger partial charge >= 0.3 is 0 Å². The van der Waals surface area contributed by atoms with E-state index >= 15 is 0 Å². The Hall–Kier alpha value is -1.09. The quantitative estimate of drug-likeness (QED) is 0.850. The Balaban J connectivity index is 2.33. The highest BCUT2D eigenvalue weighted by Gasteiger charge is 2.28. The molecule has 1 heterocycles. The van der Waals surface area contributed by atoms with Gasteiger partial charge in [-0.3, -0.25) is 4.98 Å². The van der Waals surface area contributed by atoms with Gasteiger partial charge in [0.25, 0.3) is 0 Å². The number of aromatic nitrogens is 1. The summed E-state index contributed by atoms with van der Waals surface area (Å²) in [6, 6.07) is 2.03. The fourth-order valence-corrected chi connectivity index (χ4v) is 1.62. The van der Waals surface area contributed by atoms with Crippen LogP contribution in [0.5, 0.6) is 5.75 Å². The Morgan fingerprint density at radius 1 is 1.44 bits per heavy atom. The summed E-state index contributed by atoms with van der Waals surface area (Å²) in [4.78, 5) is 4.50. The van der Waals surface area contributed by atoms with Gasteiger partial charge in [0.05, 0.1) is 11.8 Å². The molecule has 0 aliphatic heterocycles. The predicted molar refractivity (Wildman–Crippen MR) is 64.5 cm³/mol. The van der Waals surface area contributed by atoms with Crippen LogP contribution in [0.4, 0.5) is 0 Å². The first-order valence-corrected chi connectivity index (χ1v) is 5.87. The van der Waals surface area contributed by atoms with Crippen LogP contribution in [0.1, 0.15) is 44.9 Å². The molecule has 1 aliphatic carbocycles. The van der Waals surface area contributed by atoms with Crippen molar-refractivity contribution in [2.24, 2.45) is 5.73 Å². The highest BCUT2D eigenvalue weighted by Crippen LogP contribution is 2.34. The van der Waals surface area contributed by atoms with Crippen LogP contribution in [-0.2, 0) is 12.0 Å². The molecule has 0 saturated heterocycles. The number of ether oxygens (including phenoxy) is 1. The smallest absolute Gasteiger partial charge is 0.142 e. The minimum Gasteiger partial charge on any atom is -0.488 e. The summed E-state index contributed by atoms with van der Waals surface area (Å²) in [5.74, 6) is 0.915. The van der Waals surface area contributed by atoms with Crippen LogP contribution < -0.4 is 10.5 Å². The molecule has 1 aromatic rings. The monoisotopic (exact) mass is 220 g/mol. The molecule has 0 spiro atoms. The van der Waals surface area contributed by atoms with E-state index in [2.05, 4.69) is 25.8 Å². The van der Waals surface area contributed by atoms with Crippen LogP contribution in [0.3, 0.4) is 0 Å². The Morgan fingerprint density at radius 3 is 2.62 bits per heavy atom. The largest absolute Gasteiger partial charge is 0.488 e. The van der Waals surface area contributed by atoms with Crippen molar-refractivity contribution in [2.45, 2.75) is 51.7 Å². The summed E-state index contributed by atoms with van der Waals surface area (Å²) in [6.45, 7) is 6.96. The van der Waals surface area contributed by atoms with Gasteiger partial charge in [-0.25, -0.2) is 0 Å². The summed E-state index contributed by atoms with van der Waals surface area (Å²) in [7, 11) is 0. The van der Waals surface area contributed by atoms with Gasteiger partial charge in [0.2, 0.25) is 0 Å². The van der Waals surface area contributed by atoms with Gasteiger partial charge in [-0.05, 0) is 24.5 Å². The van der Waals surface area contributed by atoms with Crippen molar-refractivity contribution in [3.63, 3.8) is 0 Å². The lowest BCUT2D eigenvalue weighted by atomic mass is 9.90. The van der Waals surface area contributed by atoms with Crippen LogP contribution in [0.15, 0.2) is 12.3 Å². The molecule has 2 rings (SSSR count). The number of nitrogens with two attached hydrogens (primary N) is 1. The molecule has 3 nitrogen and oxygen atoms in total. The van der Waals surface area contributed by atoms with Crippen molar-refractivity contribution in [1.29, 1.82) is 0 Å². The molecular formula is C13H20N2O. The number of hydrogen-bond donors (Lipinski definition) is 1. The molecular weight excluding hydrogens is 200 g/mol. The molecule has 0 unspecified atom stereocenters. The van der Waals surface area contributed by atoms with Gasteiger partial charge in [0.15, 0.2) is 0 Å². The zero-order valence-electron chi connectivity index (χ0n) is 10.3. The molecule has 3 heteroatoms. The van der Waals surface area contributed by atoms with Crippen LogP contribution in [-0.4, -0.2) is 11.1 Å². The Labute approximate surface area is 97.0 Å². The second kappa shape index (κ2) is 4.06. The summed E-state index contributed by atoms with van der Waals surface area (Å²) in [5.41, 5.74) is 7.70. The Bertz CT molecular complexity index is 378. The standard InChI is InChI=1S/C13H20N2O/c1-13(2,3)12-11(16-10-4-5-10)6-9(7-14)8-15-12/h6,8,10H,4-5,7,14H2,1-3H3. The molecule has 1 aliphatic rings. The summed E-state index contributed by atoms with van der Waals surface area (Å²) >= 11 is 0. The van der Waals surface area contributed by atoms with Gasteiger partial charge in [-0.1, -0.05) is 20.8 Å². The lowest BCUT2D eigenvalue weighted by molar-refractivity contribution is 0.291. The zero-order valence-corrected chi connectivity index (χ0v) is 10.3. The van der Waals surface area contributed by atoms with E-state index in [1.165, 1.54) is 0 Å². The van der Waals surface area contributed by atoms with Crippen molar-refractivity contribution >= 4 is 0 Å². The van der Waals surface area contributed by atoms with Gasteiger partial charge < -0.3 is 10.5 Å². The molecule has 0 bridgehead atoms. The number of pyridine rings is 1. The fourth-order valence-electron chi connectivity index (χ4n) is 1.62. The highest BCUT2D eigenvalue weighted by molar-refractivity contribution is 5.36. The normalized spacial score (nSPS) is 16.2. The zero-order chi connectivity index (χ0) is 11.8. The number of hydrogen-bond acceptors (Lipinski definition) is 3. The van der Waals surface area contributed by atoms with Gasteiger partial charge in [0.1, 0.15) is 5.75 Å². The predicted octanol–water partition coefficient (Wildman–Crippen LogP) is 2.38. The second-order valence-corrected chi connectivity index (χ2v) is 5.46. The third-order valence-electron chi connectivity index (χ3n) is 2.67. The maximum absolute atomic E-state index is 5.91. The van der Waals surface area contributed by atoms with E-state index in [0.29, 0.717) is 12.6 Å².